The van der Waals surface area contributed by atoms with E-state index in [0.29, 0.717) is 5.56 Å². The van der Waals surface area contributed by atoms with Crippen molar-refractivity contribution in [2.45, 2.75) is 6.92 Å². The van der Waals surface area contributed by atoms with Crippen LogP contribution in [0.4, 0.5) is 0 Å². The van der Waals surface area contributed by atoms with E-state index < -0.39 is 0 Å². The third-order valence-electron chi connectivity index (χ3n) is 1.92. The van der Waals surface area contributed by atoms with Gasteiger partial charge in [0.2, 0.25) is 0 Å². The van der Waals surface area contributed by atoms with Crippen molar-refractivity contribution < 1.29 is 9.90 Å². The number of rotatable bonds is 2. The number of aryl methyl sites for hydroxylation is 1. The molecule has 1 rings (SSSR count). The first-order valence-corrected chi connectivity index (χ1v) is 5.05. The normalized spacial score (nSPS) is 9.50. The Bertz CT molecular complexity index is 421. The second-order valence-electron chi connectivity index (χ2n) is 2.82. The Hall–Kier alpha value is -1.34. The predicted molar refractivity (Wildman–Crippen MR) is 55.7 cm³/mol. The molecule has 0 unspecified atom stereocenters. The van der Waals surface area contributed by atoms with Gasteiger partial charge in [0.25, 0.3) is 0 Å². The van der Waals surface area contributed by atoms with Gasteiger partial charge < -0.3 is 5.11 Å². The SMILES string of the molecule is Cc1ccc(C(=O)CBr)c(O)c1C#N. The molecule has 72 valence electrons. The lowest BCUT2D eigenvalue weighted by molar-refractivity contribution is 0.102. The van der Waals surface area contributed by atoms with Gasteiger partial charge in [-0.2, -0.15) is 5.26 Å². The highest BCUT2D eigenvalue weighted by molar-refractivity contribution is 9.09. The molecular weight excluding hydrogens is 246 g/mol. The van der Waals surface area contributed by atoms with Gasteiger partial charge in [-0.25, -0.2) is 0 Å². The molecule has 3 nitrogen and oxygen atoms in total. The smallest absolute Gasteiger partial charge is 0.177 e. The Balaban J connectivity index is 3.37. The minimum atomic E-state index is -0.237. The highest BCUT2D eigenvalue weighted by Crippen LogP contribution is 2.25. The van der Waals surface area contributed by atoms with Crippen LogP contribution in [0.1, 0.15) is 21.5 Å². The summed E-state index contributed by atoms with van der Waals surface area (Å²) in [6.07, 6.45) is 0. The largest absolute Gasteiger partial charge is 0.506 e. The Morgan fingerprint density at radius 1 is 1.64 bits per heavy atom. The number of phenolic OH excluding ortho intramolecular Hbond substituents is 1. The number of Topliss-reactive ketones (excluding diaryl/α,β-unsaturated/α-hetero) is 1. The first-order valence-electron chi connectivity index (χ1n) is 3.93. The summed E-state index contributed by atoms with van der Waals surface area (Å²) >= 11 is 3.01. The zero-order valence-corrected chi connectivity index (χ0v) is 9.13. The van der Waals surface area contributed by atoms with Crippen LogP contribution in [0.2, 0.25) is 0 Å². The second-order valence-corrected chi connectivity index (χ2v) is 3.38. The molecule has 0 aromatic heterocycles. The van der Waals surface area contributed by atoms with Gasteiger partial charge in [-0.3, -0.25) is 4.79 Å². The summed E-state index contributed by atoms with van der Waals surface area (Å²) in [4.78, 5) is 11.3. The summed E-state index contributed by atoms with van der Waals surface area (Å²) in [6, 6.07) is 5.04. The van der Waals surface area contributed by atoms with Gasteiger partial charge in [-0.1, -0.05) is 22.0 Å². The monoisotopic (exact) mass is 253 g/mol. The molecule has 0 atom stereocenters. The minimum Gasteiger partial charge on any atom is -0.506 e. The zero-order chi connectivity index (χ0) is 10.7. The number of phenols is 1. The lowest BCUT2D eigenvalue weighted by atomic mass is 10.0. The van der Waals surface area contributed by atoms with E-state index in [1.54, 1.807) is 13.0 Å². The number of halogens is 1. The van der Waals surface area contributed by atoms with Crippen molar-refractivity contribution >= 4 is 21.7 Å². The van der Waals surface area contributed by atoms with Crippen LogP contribution in [0.25, 0.3) is 0 Å². The lowest BCUT2D eigenvalue weighted by Gasteiger charge is -2.05. The van der Waals surface area contributed by atoms with Crippen molar-refractivity contribution in [1.29, 1.82) is 5.26 Å². The molecule has 0 bridgehead atoms. The Morgan fingerprint density at radius 3 is 2.79 bits per heavy atom. The fraction of sp³-hybridized carbons (Fsp3) is 0.200. The molecule has 0 radical (unpaired) electrons. The van der Waals surface area contributed by atoms with Crippen LogP contribution in [0.15, 0.2) is 12.1 Å². The average molecular weight is 254 g/mol. The maximum absolute atomic E-state index is 11.3. The van der Waals surface area contributed by atoms with E-state index in [9.17, 15) is 9.90 Å². The maximum atomic E-state index is 11.3. The van der Waals surface area contributed by atoms with Gasteiger partial charge in [-0.15, -0.1) is 0 Å². The number of carbonyl (C=O) groups is 1. The third kappa shape index (κ3) is 1.78. The van der Waals surface area contributed by atoms with Crippen LogP contribution in [0.5, 0.6) is 5.75 Å². The van der Waals surface area contributed by atoms with Gasteiger partial charge in [0.05, 0.1) is 16.5 Å². The first-order chi connectivity index (χ1) is 6.61. The van der Waals surface area contributed by atoms with Crippen molar-refractivity contribution in [3.8, 4) is 11.8 Å². The topological polar surface area (TPSA) is 61.1 Å². The number of ketones is 1. The molecule has 0 aliphatic carbocycles. The molecule has 0 saturated heterocycles. The van der Waals surface area contributed by atoms with Crippen molar-refractivity contribution in [2.24, 2.45) is 0 Å². The fourth-order valence-electron chi connectivity index (χ4n) is 1.13. The molecule has 0 spiro atoms. The van der Waals surface area contributed by atoms with Gasteiger partial charge in [-0.05, 0) is 18.6 Å². The molecule has 0 heterocycles. The predicted octanol–water partition coefficient (Wildman–Crippen LogP) is 2.15. The molecule has 1 aromatic rings. The second kappa shape index (κ2) is 4.25. The van der Waals surface area contributed by atoms with Crippen LogP contribution in [0, 0.1) is 18.3 Å². The highest BCUT2D eigenvalue weighted by atomic mass is 79.9. The number of hydrogen-bond donors (Lipinski definition) is 1. The Morgan fingerprint density at radius 2 is 2.29 bits per heavy atom. The van der Waals surface area contributed by atoms with E-state index in [1.165, 1.54) is 6.07 Å². The fourth-order valence-corrected chi connectivity index (χ4v) is 1.43. The summed E-state index contributed by atoms with van der Waals surface area (Å²) in [5, 5.41) is 18.5. The van der Waals surface area contributed by atoms with Crippen LogP contribution in [-0.4, -0.2) is 16.2 Å². The molecule has 0 aliphatic heterocycles. The van der Waals surface area contributed by atoms with Crippen LogP contribution in [0.3, 0.4) is 0 Å². The number of benzene rings is 1. The zero-order valence-electron chi connectivity index (χ0n) is 7.54. The number of aromatic hydroxyl groups is 1. The average Bonchev–Trinajstić information content (AvgIpc) is 2.18. The number of carbonyl (C=O) groups excluding carboxylic acids is 1. The van der Waals surface area contributed by atoms with E-state index in [1.807, 2.05) is 6.07 Å². The number of alkyl halides is 1. The van der Waals surface area contributed by atoms with E-state index in [4.69, 9.17) is 5.26 Å². The van der Waals surface area contributed by atoms with E-state index >= 15 is 0 Å². The number of nitriles is 1. The summed E-state index contributed by atoms with van der Waals surface area (Å²) in [5.41, 5.74) is 1.01. The first kappa shape index (κ1) is 10.7. The summed E-state index contributed by atoms with van der Waals surface area (Å²) in [5.74, 6) is -0.462. The molecule has 14 heavy (non-hydrogen) atoms. The van der Waals surface area contributed by atoms with Crippen LogP contribution in [-0.2, 0) is 0 Å². The van der Waals surface area contributed by atoms with E-state index in [0.717, 1.165) is 0 Å². The van der Waals surface area contributed by atoms with Crippen molar-refractivity contribution in [3.05, 3.63) is 28.8 Å². The van der Waals surface area contributed by atoms with Crippen LogP contribution >= 0.6 is 15.9 Å². The van der Waals surface area contributed by atoms with Gasteiger partial charge in [0, 0.05) is 0 Å². The van der Waals surface area contributed by atoms with Crippen molar-refractivity contribution in [2.75, 3.05) is 5.33 Å². The molecule has 0 amide bonds. The quantitative estimate of drug-likeness (QED) is 0.649. The molecule has 0 aliphatic rings. The van der Waals surface area contributed by atoms with Gasteiger partial charge in [0.1, 0.15) is 11.8 Å². The van der Waals surface area contributed by atoms with Crippen molar-refractivity contribution in [3.63, 3.8) is 0 Å². The molecule has 1 N–H and O–H groups in total. The number of nitrogens with zero attached hydrogens (tertiary/aromatic N) is 1. The van der Waals surface area contributed by atoms with E-state index in [-0.39, 0.29) is 28.0 Å². The molecular formula is C10H8BrNO2. The van der Waals surface area contributed by atoms with Gasteiger partial charge in [0.15, 0.2) is 5.78 Å². The number of hydrogen-bond acceptors (Lipinski definition) is 3. The Kier molecular flexibility index (Phi) is 3.26. The lowest BCUT2D eigenvalue weighted by Crippen LogP contribution is -2.02. The van der Waals surface area contributed by atoms with E-state index in [2.05, 4.69) is 15.9 Å². The standard InChI is InChI=1S/C10H8BrNO2/c1-6-2-3-7(9(13)4-11)10(14)8(6)5-12/h2-3,14H,4H2,1H3. The van der Waals surface area contributed by atoms with Crippen molar-refractivity contribution in [1.82, 2.24) is 0 Å². The third-order valence-corrected chi connectivity index (χ3v) is 2.43. The highest BCUT2D eigenvalue weighted by Gasteiger charge is 2.14. The minimum absolute atomic E-state index is 0.133. The maximum Gasteiger partial charge on any atom is 0.177 e. The molecule has 0 saturated carbocycles. The van der Waals surface area contributed by atoms with Crippen LogP contribution < -0.4 is 0 Å². The molecule has 0 fully saturated rings. The molecule has 1 aromatic carbocycles. The van der Waals surface area contributed by atoms with Gasteiger partial charge >= 0.3 is 0 Å². The molecule has 4 heteroatoms. The Labute approximate surface area is 90.1 Å². The summed E-state index contributed by atoms with van der Waals surface area (Å²) < 4.78 is 0. The summed E-state index contributed by atoms with van der Waals surface area (Å²) in [6.45, 7) is 1.71. The summed E-state index contributed by atoms with van der Waals surface area (Å²) in [7, 11) is 0.